The summed E-state index contributed by atoms with van der Waals surface area (Å²) < 4.78 is 5.69. The number of hydrogen-bond donors (Lipinski definition) is 2. The molecule has 0 heterocycles. The molecule has 1 spiro atoms. The number of fused-ring (bicyclic) bond motifs is 3. The minimum atomic E-state index is -2.15. The van der Waals surface area contributed by atoms with Crippen LogP contribution in [0, 0.1) is 34.5 Å². The summed E-state index contributed by atoms with van der Waals surface area (Å²) in [6.45, 7) is 11.2. The fourth-order valence-corrected chi connectivity index (χ4v) is 6.82. The topological polar surface area (TPSA) is 101 Å². The SMILES string of the molecule is CC=C(C)C(=O)O[C@H]1C(C)=C[C@]23C(=O)[C@@H](C=C(C=O)[C@@H](O)[C@]12O)[C@H]1[C@@H](C[C@H]3C)C1(C)C. The minimum absolute atomic E-state index is 0.0230. The van der Waals surface area contributed by atoms with Crippen LogP contribution < -0.4 is 0 Å². The molecule has 4 rings (SSSR count). The smallest absolute Gasteiger partial charge is 0.334 e. The van der Waals surface area contributed by atoms with Gasteiger partial charge < -0.3 is 14.9 Å². The first-order valence-corrected chi connectivity index (χ1v) is 11.0. The third-order valence-electron chi connectivity index (χ3n) is 8.77. The normalized spacial score (nSPS) is 45.4. The Kier molecular flexibility index (Phi) is 4.80. The predicted molar refractivity (Wildman–Crippen MR) is 114 cm³/mol. The van der Waals surface area contributed by atoms with E-state index in [4.69, 9.17) is 4.74 Å². The Morgan fingerprint density at radius 2 is 1.97 bits per heavy atom. The summed E-state index contributed by atoms with van der Waals surface area (Å²) in [6, 6.07) is 0. The van der Waals surface area contributed by atoms with E-state index in [-0.39, 0.29) is 34.5 Å². The van der Waals surface area contributed by atoms with E-state index in [2.05, 4.69) is 13.8 Å². The van der Waals surface area contributed by atoms with Crippen molar-refractivity contribution in [1.29, 1.82) is 0 Å². The first-order valence-electron chi connectivity index (χ1n) is 11.0. The number of ketones is 1. The van der Waals surface area contributed by atoms with Gasteiger partial charge in [0, 0.05) is 17.1 Å². The van der Waals surface area contributed by atoms with Crippen molar-refractivity contribution < 1.29 is 29.3 Å². The Bertz CT molecular complexity index is 955. The fraction of sp³-hybridized carbons (Fsp3) is 0.640. The molecule has 2 bridgehead atoms. The van der Waals surface area contributed by atoms with Gasteiger partial charge in [0.1, 0.15) is 12.4 Å². The molecule has 4 aliphatic rings. The van der Waals surface area contributed by atoms with Gasteiger partial charge in [-0.05, 0) is 55.9 Å². The molecule has 31 heavy (non-hydrogen) atoms. The van der Waals surface area contributed by atoms with Crippen molar-refractivity contribution in [2.75, 3.05) is 0 Å². The summed E-state index contributed by atoms with van der Waals surface area (Å²) in [7, 11) is 0. The van der Waals surface area contributed by atoms with E-state index in [1.807, 2.05) is 6.92 Å². The van der Waals surface area contributed by atoms with Crippen LogP contribution >= 0.6 is 0 Å². The second-order valence-electron chi connectivity index (χ2n) is 10.5. The summed E-state index contributed by atoms with van der Waals surface area (Å²) in [4.78, 5) is 38.7. The van der Waals surface area contributed by atoms with Crippen LogP contribution in [0.1, 0.15) is 48.0 Å². The summed E-state index contributed by atoms with van der Waals surface area (Å²) in [5.41, 5.74) is -2.81. The van der Waals surface area contributed by atoms with Crippen molar-refractivity contribution in [3.8, 4) is 0 Å². The van der Waals surface area contributed by atoms with E-state index < -0.39 is 35.1 Å². The van der Waals surface area contributed by atoms with Gasteiger partial charge >= 0.3 is 5.97 Å². The molecular weight excluding hydrogens is 396 g/mol. The molecule has 6 nitrogen and oxygen atoms in total. The van der Waals surface area contributed by atoms with Gasteiger partial charge in [0.15, 0.2) is 17.5 Å². The molecule has 2 fully saturated rings. The molecule has 2 saturated carbocycles. The van der Waals surface area contributed by atoms with Gasteiger partial charge in [-0.1, -0.05) is 39.0 Å². The molecule has 168 valence electrons. The number of aliphatic hydroxyl groups is 2. The average molecular weight is 429 g/mol. The first-order chi connectivity index (χ1) is 14.4. The maximum atomic E-state index is 14.1. The number of aldehydes is 1. The van der Waals surface area contributed by atoms with Crippen LogP contribution in [-0.2, 0) is 19.1 Å². The predicted octanol–water partition coefficient (Wildman–Crippen LogP) is 2.54. The molecule has 2 N–H and O–H groups in total. The number of rotatable bonds is 3. The van der Waals surface area contributed by atoms with Gasteiger partial charge in [-0.3, -0.25) is 9.59 Å². The number of allylic oxidation sites excluding steroid dienone is 2. The number of carbonyl (C=O) groups excluding carboxylic acids is 3. The Morgan fingerprint density at radius 1 is 1.32 bits per heavy atom. The number of hydrogen-bond acceptors (Lipinski definition) is 6. The largest absolute Gasteiger partial charge is 0.451 e. The quantitative estimate of drug-likeness (QED) is 0.310. The molecule has 0 amide bonds. The van der Waals surface area contributed by atoms with Crippen molar-refractivity contribution in [3.05, 3.63) is 34.9 Å². The highest BCUT2D eigenvalue weighted by Crippen LogP contribution is 2.71. The number of esters is 1. The average Bonchev–Trinajstić information content (AvgIpc) is 3.21. The number of ether oxygens (including phenoxy) is 1. The number of carbonyl (C=O) groups is 3. The van der Waals surface area contributed by atoms with E-state index in [0.717, 1.165) is 0 Å². The lowest BCUT2D eigenvalue weighted by atomic mass is 9.59. The lowest BCUT2D eigenvalue weighted by molar-refractivity contribution is -0.201. The van der Waals surface area contributed by atoms with Crippen LogP contribution in [0.25, 0.3) is 0 Å². The minimum Gasteiger partial charge on any atom is -0.451 e. The van der Waals surface area contributed by atoms with E-state index in [1.165, 1.54) is 0 Å². The van der Waals surface area contributed by atoms with Crippen molar-refractivity contribution in [1.82, 2.24) is 0 Å². The van der Waals surface area contributed by atoms with Gasteiger partial charge in [0.2, 0.25) is 0 Å². The van der Waals surface area contributed by atoms with E-state index in [1.54, 1.807) is 39.0 Å². The second kappa shape index (κ2) is 6.72. The zero-order valence-corrected chi connectivity index (χ0v) is 19.0. The monoisotopic (exact) mass is 428 g/mol. The third-order valence-corrected chi connectivity index (χ3v) is 8.77. The highest BCUT2D eigenvalue weighted by molar-refractivity contribution is 5.97. The lowest BCUT2D eigenvalue weighted by Crippen LogP contribution is -2.65. The molecule has 6 heteroatoms. The van der Waals surface area contributed by atoms with Crippen molar-refractivity contribution >= 4 is 18.0 Å². The molecule has 0 aromatic rings. The van der Waals surface area contributed by atoms with Crippen molar-refractivity contribution in [2.24, 2.45) is 34.5 Å². The fourth-order valence-electron chi connectivity index (χ4n) is 6.82. The zero-order valence-electron chi connectivity index (χ0n) is 19.0. The van der Waals surface area contributed by atoms with Gasteiger partial charge in [0.05, 0.1) is 5.41 Å². The maximum absolute atomic E-state index is 14.1. The van der Waals surface area contributed by atoms with Crippen LogP contribution in [-0.4, -0.2) is 46.1 Å². The molecule has 0 radical (unpaired) electrons. The van der Waals surface area contributed by atoms with E-state index in [9.17, 15) is 24.6 Å². The Morgan fingerprint density at radius 3 is 2.55 bits per heavy atom. The van der Waals surface area contributed by atoms with Crippen LogP contribution in [0.2, 0.25) is 0 Å². The van der Waals surface area contributed by atoms with Crippen molar-refractivity contribution in [2.45, 2.75) is 65.8 Å². The zero-order chi connectivity index (χ0) is 23.1. The molecular formula is C25H32O6. The van der Waals surface area contributed by atoms with Crippen molar-refractivity contribution in [3.63, 3.8) is 0 Å². The van der Waals surface area contributed by atoms with Gasteiger partial charge in [0.25, 0.3) is 0 Å². The molecule has 0 aromatic heterocycles. The van der Waals surface area contributed by atoms with Crippen LogP contribution in [0.4, 0.5) is 0 Å². The standard InChI is InChI=1S/C25H32O6/c1-7-12(2)22(29)31-21-13(3)10-24-14(4)8-17-18(23(17,5)6)16(20(24)28)9-15(11-26)19(27)25(21,24)30/h7,9-11,14,16-19,21,27,30H,8H2,1-6H3/t14-,16+,17-,18+,19-,21+,24+,25+/m1/s1. The summed E-state index contributed by atoms with van der Waals surface area (Å²) in [6.07, 6.45) is 3.19. The van der Waals surface area contributed by atoms with Crippen LogP contribution in [0.3, 0.4) is 0 Å². The molecule has 0 saturated heterocycles. The Hall–Kier alpha value is -2.05. The summed E-state index contributed by atoms with van der Waals surface area (Å²) in [5, 5.41) is 23.5. The summed E-state index contributed by atoms with van der Waals surface area (Å²) in [5.74, 6) is -1.39. The highest BCUT2D eigenvalue weighted by atomic mass is 16.6. The first kappa shape index (κ1) is 22.2. The lowest BCUT2D eigenvalue weighted by Gasteiger charge is -2.48. The van der Waals surface area contributed by atoms with Gasteiger partial charge in [-0.25, -0.2) is 4.79 Å². The molecule has 0 aromatic carbocycles. The number of Topliss-reactive ketones (excluding diaryl/α,β-unsaturated/α-hetero) is 1. The van der Waals surface area contributed by atoms with Crippen LogP contribution in [0.5, 0.6) is 0 Å². The molecule has 0 unspecified atom stereocenters. The molecule has 0 aliphatic heterocycles. The summed E-state index contributed by atoms with van der Waals surface area (Å²) >= 11 is 0. The third kappa shape index (κ3) is 2.55. The van der Waals surface area contributed by atoms with Gasteiger partial charge in [-0.2, -0.15) is 0 Å². The second-order valence-corrected chi connectivity index (χ2v) is 10.5. The van der Waals surface area contributed by atoms with E-state index >= 15 is 0 Å². The van der Waals surface area contributed by atoms with Crippen LogP contribution in [0.15, 0.2) is 34.9 Å². The van der Waals surface area contributed by atoms with Gasteiger partial charge in [-0.15, -0.1) is 0 Å². The maximum Gasteiger partial charge on any atom is 0.334 e. The Labute approximate surface area is 183 Å². The highest BCUT2D eigenvalue weighted by Gasteiger charge is 2.76. The molecule has 4 aliphatic carbocycles. The number of aliphatic hydroxyl groups excluding tert-OH is 1. The molecule has 8 atom stereocenters. The Balaban J connectivity index is 1.92. The van der Waals surface area contributed by atoms with E-state index in [0.29, 0.717) is 23.9 Å².